The van der Waals surface area contributed by atoms with E-state index in [1.54, 1.807) is 24.5 Å². The minimum Gasteiger partial charge on any atom is -0.469 e. The van der Waals surface area contributed by atoms with Crippen molar-refractivity contribution in [1.29, 1.82) is 0 Å². The SMILES string of the molecule is O=C(CCc1ccco1)Cc1ccc([N+](=O)[O-])cc1. The second kappa shape index (κ2) is 5.95. The number of benzene rings is 1. The van der Waals surface area contributed by atoms with Crippen molar-refractivity contribution in [1.82, 2.24) is 0 Å². The third-order valence-corrected chi connectivity index (χ3v) is 2.78. The van der Waals surface area contributed by atoms with Crippen LogP contribution in [0.5, 0.6) is 0 Å². The van der Waals surface area contributed by atoms with Crippen molar-refractivity contribution in [2.45, 2.75) is 19.3 Å². The van der Waals surface area contributed by atoms with Crippen LogP contribution in [-0.4, -0.2) is 10.7 Å². The quantitative estimate of drug-likeness (QED) is 0.590. The Morgan fingerprint density at radius 2 is 1.95 bits per heavy atom. The normalized spacial score (nSPS) is 10.3. The number of ketones is 1. The van der Waals surface area contributed by atoms with Gasteiger partial charge in [0, 0.05) is 31.4 Å². The molecule has 0 unspecified atom stereocenters. The van der Waals surface area contributed by atoms with E-state index in [0.717, 1.165) is 11.3 Å². The van der Waals surface area contributed by atoms with Crippen LogP contribution in [0, 0.1) is 10.1 Å². The molecule has 0 fully saturated rings. The molecule has 98 valence electrons. The highest BCUT2D eigenvalue weighted by Gasteiger charge is 2.08. The highest BCUT2D eigenvalue weighted by atomic mass is 16.6. The number of non-ortho nitro benzene ring substituents is 1. The smallest absolute Gasteiger partial charge is 0.269 e. The summed E-state index contributed by atoms with van der Waals surface area (Å²) in [4.78, 5) is 21.8. The molecule has 0 aliphatic heterocycles. The zero-order valence-electron chi connectivity index (χ0n) is 10.2. The molecule has 0 amide bonds. The van der Waals surface area contributed by atoms with Crippen LogP contribution in [0.1, 0.15) is 17.7 Å². The van der Waals surface area contributed by atoms with Crippen LogP contribution in [0.3, 0.4) is 0 Å². The summed E-state index contributed by atoms with van der Waals surface area (Å²) in [6, 6.07) is 9.67. The molecule has 19 heavy (non-hydrogen) atoms. The van der Waals surface area contributed by atoms with Crippen LogP contribution in [0.4, 0.5) is 5.69 Å². The molecule has 0 saturated carbocycles. The Morgan fingerprint density at radius 1 is 1.21 bits per heavy atom. The topological polar surface area (TPSA) is 73.3 Å². The predicted molar refractivity (Wildman–Crippen MR) is 68.8 cm³/mol. The Morgan fingerprint density at radius 3 is 2.53 bits per heavy atom. The van der Waals surface area contributed by atoms with Gasteiger partial charge in [-0.15, -0.1) is 0 Å². The van der Waals surface area contributed by atoms with Gasteiger partial charge in [0.2, 0.25) is 0 Å². The van der Waals surface area contributed by atoms with Crippen LogP contribution in [0.25, 0.3) is 0 Å². The summed E-state index contributed by atoms with van der Waals surface area (Å²) >= 11 is 0. The van der Waals surface area contributed by atoms with Gasteiger partial charge in [-0.05, 0) is 17.7 Å². The molecule has 1 aromatic heterocycles. The molecule has 0 bridgehead atoms. The Hall–Kier alpha value is -2.43. The largest absolute Gasteiger partial charge is 0.469 e. The van der Waals surface area contributed by atoms with Crippen LogP contribution >= 0.6 is 0 Å². The van der Waals surface area contributed by atoms with Crippen LogP contribution < -0.4 is 0 Å². The van der Waals surface area contributed by atoms with Gasteiger partial charge in [-0.25, -0.2) is 0 Å². The summed E-state index contributed by atoms with van der Waals surface area (Å²) in [5.74, 6) is 0.877. The second-order valence-electron chi connectivity index (χ2n) is 4.22. The van der Waals surface area contributed by atoms with Crippen molar-refractivity contribution in [3.8, 4) is 0 Å². The van der Waals surface area contributed by atoms with E-state index in [9.17, 15) is 14.9 Å². The van der Waals surface area contributed by atoms with E-state index in [1.165, 1.54) is 12.1 Å². The zero-order valence-corrected chi connectivity index (χ0v) is 10.2. The fourth-order valence-electron chi connectivity index (χ4n) is 1.77. The lowest BCUT2D eigenvalue weighted by Crippen LogP contribution is -2.04. The first-order chi connectivity index (χ1) is 9.15. The fraction of sp³-hybridized carbons (Fsp3) is 0.214. The number of carbonyl (C=O) groups excluding carboxylic acids is 1. The fourth-order valence-corrected chi connectivity index (χ4v) is 1.77. The van der Waals surface area contributed by atoms with Gasteiger partial charge in [0.25, 0.3) is 5.69 Å². The van der Waals surface area contributed by atoms with Crippen molar-refractivity contribution in [2.24, 2.45) is 0 Å². The molecule has 0 spiro atoms. The Labute approximate surface area is 110 Å². The monoisotopic (exact) mass is 259 g/mol. The average molecular weight is 259 g/mol. The first-order valence-corrected chi connectivity index (χ1v) is 5.92. The highest BCUT2D eigenvalue weighted by Crippen LogP contribution is 2.13. The van der Waals surface area contributed by atoms with E-state index in [1.807, 2.05) is 6.07 Å². The highest BCUT2D eigenvalue weighted by molar-refractivity contribution is 5.81. The van der Waals surface area contributed by atoms with Crippen LogP contribution in [0.2, 0.25) is 0 Å². The summed E-state index contributed by atoms with van der Waals surface area (Å²) in [6.45, 7) is 0. The summed E-state index contributed by atoms with van der Waals surface area (Å²) in [6.07, 6.45) is 2.86. The number of hydrogen-bond acceptors (Lipinski definition) is 4. The van der Waals surface area contributed by atoms with E-state index in [4.69, 9.17) is 4.42 Å². The Balaban J connectivity index is 1.86. The molecular weight excluding hydrogens is 246 g/mol. The van der Waals surface area contributed by atoms with Crippen LogP contribution in [0.15, 0.2) is 47.1 Å². The standard InChI is InChI=1S/C14H13NO4/c16-13(7-8-14-2-1-9-19-14)10-11-3-5-12(6-4-11)15(17)18/h1-6,9H,7-8,10H2. The lowest BCUT2D eigenvalue weighted by atomic mass is 10.0. The third kappa shape index (κ3) is 3.77. The molecule has 0 atom stereocenters. The number of hydrogen-bond donors (Lipinski definition) is 0. The summed E-state index contributed by atoms with van der Waals surface area (Å²) < 4.78 is 5.15. The molecule has 0 aliphatic carbocycles. The molecule has 5 heteroatoms. The molecule has 5 nitrogen and oxygen atoms in total. The van der Waals surface area contributed by atoms with E-state index in [-0.39, 0.29) is 11.5 Å². The number of nitrogens with zero attached hydrogens (tertiary/aromatic N) is 1. The van der Waals surface area contributed by atoms with E-state index >= 15 is 0 Å². The molecular formula is C14H13NO4. The lowest BCUT2D eigenvalue weighted by Gasteiger charge is -2.00. The lowest BCUT2D eigenvalue weighted by molar-refractivity contribution is -0.384. The Bertz CT molecular complexity index is 558. The number of carbonyl (C=O) groups is 1. The minimum atomic E-state index is -0.456. The number of rotatable bonds is 6. The summed E-state index contributed by atoms with van der Waals surface area (Å²) in [5, 5.41) is 10.5. The molecule has 0 N–H and O–H groups in total. The van der Waals surface area contributed by atoms with Gasteiger partial charge in [0.1, 0.15) is 11.5 Å². The van der Waals surface area contributed by atoms with Crippen LogP contribution in [-0.2, 0) is 17.6 Å². The van der Waals surface area contributed by atoms with Crippen molar-refractivity contribution < 1.29 is 14.1 Å². The van der Waals surface area contributed by atoms with E-state index in [2.05, 4.69) is 0 Å². The number of aryl methyl sites for hydroxylation is 1. The van der Waals surface area contributed by atoms with E-state index in [0.29, 0.717) is 19.3 Å². The van der Waals surface area contributed by atoms with Gasteiger partial charge in [-0.2, -0.15) is 0 Å². The second-order valence-corrected chi connectivity index (χ2v) is 4.22. The molecule has 1 aromatic carbocycles. The van der Waals surface area contributed by atoms with Crippen molar-refractivity contribution in [3.63, 3.8) is 0 Å². The van der Waals surface area contributed by atoms with Crippen molar-refractivity contribution >= 4 is 11.5 Å². The van der Waals surface area contributed by atoms with Gasteiger partial charge < -0.3 is 4.42 Å². The number of nitro benzene ring substituents is 1. The molecule has 1 heterocycles. The van der Waals surface area contributed by atoms with Gasteiger partial charge in [-0.3, -0.25) is 14.9 Å². The first kappa shape index (κ1) is 13.0. The molecule has 2 aromatic rings. The number of furan rings is 1. The summed E-state index contributed by atoms with van der Waals surface area (Å²) in [7, 11) is 0. The van der Waals surface area contributed by atoms with Gasteiger partial charge >= 0.3 is 0 Å². The molecule has 0 saturated heterocycles. The Kier molecular flexibility index (Phi) is 4.07. The van der Waals surface area contributed by atoms with Gasteiger partial charge in [0.15, 0.2) is 0 Å². The molecule has 0 radical (unpaired) electrons. The summed E-state index contributed by atoms with van der Waals surface area (Å²) in [5.41, 5.74) is 0.821. The first-order valence-electron chi connectivity index (χ1n) is 5.92. The van der Waals surface area contributed by atoms with E-state index < -0.39 is 4.92 Å². The minimum absolute atomic E-state index is 0.0341. The van der Waals surface area contributed by atoms with Gasteiger partial charge in [0.05, 0.1) is 11.2 Å². The van der Waals surface area contributed by atoms with Gasteiger partial charge in [-0.1, -0.05) is 12.1 Å². The maximum atomic E-state index is 11.8. The van der Waals surface area contributed by atoms with Crippen molar-refractivity contribution in [2.75, 3.05) is 0 Å². The predicted octanol–water partition coefficient (Wildman–Crippen LogP) is 2.93. The number of Topliss-reactive ketones (excluding diaryl/α,β-unsaturated/α-hetero) is 1. The number of nitro groups is 1. The molecule has 2 rings (SSSR count). The maximum Gasteiger partial charge on any atom is 0.269 e. The third-order valence-electron chi connectivity index (χ3n) is 2.78. The maximum absolute atomic E-state index is 11.8. The van der Waals surface area contributed by atoms with Crippen molar-refractivity contribution in [3.05, 3.63) is 64.1 Å². The zero-order chi connectivity index (χ0) is 13.7. The molecule has 0 aliphatic rings. The average Bonchev–Trinajstić information content (AvgIpc) is 2.90.